The van der Waals surface area contributed by atoms with Crippen molar-refractivity contribution in [1.29, 1.82) is 0 Å². The average molecular weight is 321 g/mol. The van der Waals surface area contributed by atoms with Crippen LogP contribution in [0.3, 0.4) is 0 Å². The van der Waals surface area contributed by atoms with E-state index in [4.69, 9.17) is 4.74 Å². The van der Waals surface area contributed by atoms with Gasteiger partial charge < -0.3 is 15.4 Å². The number of benzene rings is 1. The van der Waals surface area contributed by atoms with E-state index >= 15 is 0 Å². The zero-order chi connectivity index (χ0) is 17.2. The summed E-state index contributed by atoms with van der Waals surface area (Å²) in [5.41, 5.74) is 2.98. The van der Waals surface area contributed by atoms with Crippen LogP contribution in [0.4, 0.5) is 5.69 Å². The Morgan fingerprint density at radius 1 is 1.09 bits per heavy atom. The number of aryl methyl sites for hydroxylation is 2. The van der Waals surface area contributed by atoms with Gasteiger partial charge in [0.1, 0.15) is 0 Å². The summed E-state index contributed by atoms with van der Waals surface area (Å²) in [4.78, 5) is 25.4. The van der Waals surface area contributed by atoms with Crippen LogP contribution in [0.2, 0.25) is 0 Å². The molecule has 1 aromatic carbocycles. The van der Waals surface area contributed by atoms with E-state index in [1.54, 1.807) is 19.1 Å². The highest BCUT2D eigenvalue weighted by Crippen LogP contribution is 2.13. The molecule has 0 bridgehead atoms. The zero-order valence-corrected chi connectivity index (χ0v) is 14.4. The molecule has 0 fully saturated rings. The van der Waals surface area contributed by atoms with Gasteiger partial charge in [-0.15, -0.1) is 0 Å². The molecule has 0 aromatic heterocycles. The number of amides is 2. The summed E-state index contributed by atoms with van der Waals surface area (Å²) >= 11 is 0. The van der Waals surface area contributed by atoms with E-state index in [0.717, 1.165) is 23.2 Å². The molecule has 0 heterocycles. The quantitative estimate of drug-likeness (QED) is 0.673. The number of carbonyl (C=O) groups is 2. The lowest BCUT2D eigenvalue weighted by atomic mass is 10.1. The first-order valence-electron chi connectivity index (χ1n) is 7.73. The Kier molecular flexibility index (Phi) is 8.29. The molecule has 0 unspecified atom stereocenters. The van der Waals surface area contributed by atoms with Gasteiger partial charge in [-0.1, -0.05) is 6.07 Å². The van der Waals surface area contributed by atoms with E-state index in [9.17, 15) is 9.59 Å². The number of nitrogens with one attached hydrogen (secondary N) is 2. The monoisotopic (exact) mass is 321 g/mol. The van der Waals surface area contributed by atoms with E-state index in [-0.39, 0.29) is 24.9 Å². The number of hydrogen-bond donors (Lipinski definition) is 2. The maximum atomic E-state index is 12.0. The van der Waals surface area contributed by atoms with Crippen LogP contribution < -0.4 is 10.6 Å². The first-order chi connectivity index (χ1) is 10.9. The van der Waals surface area contributed by atoms with Gasteiger partial charge in [0.05, 0.1) is 13.1 Å². The third-order valence-electron chi connectivity index (χ3n) is 3.18. The molecule has 0 radical (unpaired) electrons. The summed E-state index contributed by atoms with van der Waals surface area (Å²) in [5, 5.41) is 5.65. The normalized spacial score (nSPS) is 10.7. The van der Waals surface area contributed by atoms with Crippen molar-refractivity contribution in [3.63, 3.8) is 0 Å². The summed E-state index contributed by atoms with van der Waals surface area (Å²) in [7, 11) is 3.37. The van der Waals surface area contributed by atoms with Crippen molar-refractivity contribution in [1.82, 2.24) is 10.2 Å². The van der Waals surface area contributed by atoms with Crippen molar-refractivity contribution in [2.24, 2.45) is 0 Å². The summed E-state index contributed by atoms with van der Waals surface area (Å²) in [6, 6.07) is 5.90. The molecular formula is C17H27N3O3. The maximum Gasteiger partial charge on any atom is 0.238 e. The molecule has 23 heavy (non-hydrogen) atoms. The molecule has 6 nitrogen and oxygen atoms in total. The summed E-state index contributed by atoms with van der Waals surface area (Å²) in [6.45, 7) is 5.53. The minimum absolute atomic E-state index is 0.0946. The number of anilines is 1. The number of methoxy groups -OCH3 is 1. The fourth-order valence-electron chi connectivity index (χ4n) is 2.29. The zero-order valence-electron chi connectivity index (χ0n) is 14.4. The number of nitrogens with zero attached hydrogens (tertiary/aromatic N) is 1. The lowest BCUT2D eigenvalue weighted by Gasteiger charge is -2.16. The van der Waals surface area contributed by atoms with Crippen molar-refractivity contribution in [3.05, 3.63) is 29.3 Å². The van der Waals surface area contributed by atoms with Gasteiger partial charge in [0.25, 0.3) is 0 Å². The van der Waals surface area contributed by atoms with Crippen molar-refractivity contribution >= 4 is 17.5 Å². The molecular weight excluding hydrogens is 294 g/mol. The van der Waals surface area contributed by atoms with Gasteiger partial charge in [-0.25, -0.2) is 0 Å². The molecule has 128 valence electrons. The SMILES string of the molecule is COCCCNC(=O)CN(C)CC(=O)Nc1cc(C)cc(C)c1. The summed E-state index contributed by atoms with van der Waals surface area (Å²) < 4.78 is 4.92. The molecule has 0 saturated heterocycles. The van der Waals surface area contributed by atoms with Gasteiger partial charge in [-0.05, 0) is 50.6 Å². The second-order valence-electron chi connectivity index (χ2n) is 5.79. The third kappa shape index (κ3) is 8.32. The van der Waals surface area contributed by atoms with E-state index < -0.39 is 0 Å². The molecule has 2 N–H and O–H groups in total. The van der Waals surface area contributed by atoms with E-state index in [1.807, 2.05) is 26.0 Å². The minimum atomic E-state index is -0.135. The largest absolute Gasteiger partial charge is 0.385 e. The number of likely N-dealkylation sites (N-methyl/N-ethyl adjacent to an activating group) is 1. The third-order valence-corrected chi connectivity index (χ3v) is 3.18. The minimum Gasteiger partial charge on any atom is -0.385 e. The predicted octanol–water partition coefficient (Wildman–Crippen LogP) is 1.33. The molecule has 0 aliphatic heterocycles. The van der Waals surface area contributed by atoms with Crippen LogP contribution in [0.25, 0.3) is 0 Å². The Morgan fingerprint density at radius 2 is 1.70 bits per heavy atom. The Labute approximate surface area is 138 Å². The first-order valence-corrected chi connectivity index (χ1v) is 7.73. The van der Waals surface area contributed by atoms with Crippen molar-refractivity contribution < 1.29 is 14.3 Å². The number of ether oxygens (including phenoxy) is 1. The molecule has 2 amide bonds. The van der Waals surface area contributed by atoms with Crippen LogP contribution >= 0.6 is 0 Å². The highest BCUT2D eigenvalue weighted by molar-refractivity contribution is 5.92. The van der Waals surface area contributed by atoms with Crippen LogP contribution in [0.5, 0.6) is 0 Å². The molecule has 0 saturated carbocycles. The first kappa shape index (κ1) is 19.1. The smallest absolute Gasteiger partial charge is 0.238 e. The van der Waals surface area contributed by atoms with Gasteiger partial charge in [-0.2, -0.15) is 0 Å². The van der Waals surface area contributed by atoms with E-state index in [0.29, 0.717) is 13.2 Å². The van der Waals surface area contributed by atoms with Crippen LogP contribution in [0.1, 0.15) is 17.5 Å². The van der Waals surface area contributed by atoms with Crippen LogP contribution in [0, 0.1) is 13.8 Å². The Hall–Kier alpha value is -1.92. The standard InChI is InChI=1S/C17H27N3O3/c1-13-8-14(2)10-15(9-13)19-17(22)12-20(3)11-16(21)18-6-5-7-23-4/h8-10H,5-7,11-12H2,1-4H3,(H,18,21)(H,19,22). The predicted molar refractivity (Wildman–Crippen MR) is 91.5 cm³/mol. The van der Waals surface area contributed by atoms with Gasteiger partial charge in [-0.3, -0.25) is 14.5 Å². The van der Waals surface area contributed by atoms with Gasteiger partial charge in [0, 0.05) is 25.9 Å². The van der Waals surface area contributed by atoms with Gasteiger partial charge >= 0.3 is 0 Å². The van der Waals surface area contributed by atoms with E-state index in [1.165, 1.54) is 0 Å². The Balaban J connectivity index is 2.34. The highest BCUT2D eigenvalue weighted by Gasteiger charge is 2.11. The van der Waals surface area contributed by atoms with Crippen molar-refractivity contribution in [2.45, 2.75) is 20.3 Å². The van der Waals surface area contributed by atoms with Gasteiger partial charge in [0.15, 0.2) is 0 Å². The van der Waals surface area contributed by atoms with Crippen LogP contribution in [-0.2, 0) is 14.3 Å². The molecule has 0 aliphatic rings. The molecule has 1 rings (SSSR count). The van der Waals surface area contributed by atoms with Crippen LogP contribution in [-0.4, -0.2) is 57.1 Å². The Morgan fingerprint density at radius 3 is 2.30 bits per heavy atom. The Bertz CT molecular complexity index is 512. The molecule has 0 spiro atoms. The van der Waals surface area contributed by atoms with Crippen LogP contribution in [0.15, 0.2) is 18.2 Å². The molecule has 0 atom stereocenters. The lowest BCUT2D eigenvalue weighted by molar-refractivity contribution is -0.123. The second-order valence-corrected chi connectivity index (χ2v) is 5.79. The fourth-order valence-corrected chi connectivity index (χ4v) is 2.29. The van der Waals surface area contributed by atoms with Crippen molar-refractivity contribution in [3.8, 4) is 0 Å². The summed E-state index contributed by atoms with van der Waals surface area (Å²) in [5.74, 6) is -0.229. The van der Waals surface area contributed by atoms with Crippen molar-refractivity contribution in [2.75, 3.05) is 45.7 Å². The highest BCUT2D eigenvalue weighted by atomic mass is 16.5. The van der Waals surface area contributed by atoms with E-state index in [2.05, 4.69) is 16.7 Å². The average Bonchev–Trinajstić information content (AvgIpc) is 2.41. The number of carbonyl (C=O) groups excluding carboxylic acids is 2. The number of rotatable bonds is 9. The molecule has 6 heteroatoms. The number of hydrogen-bond acceptors (Lipinski definition) is 4. The molecule has 0 aliphatic carbocycles. The fraction of sp³-hybridized carbons (Fsp3) is 0.529. The van der Waals surface area contributed by atoms with Gasteiger partial charge in [0.2, 0.25) is 11.8 Å². The maximum absolute atomic E-state index is 12.0. The molecule has 1 aromatic rings. The topological polar surface area (TPSA) is 70.7 Å². The second kappa shape index (κ2) is 9.97. The lowest BCUT2D eigenvalue weighted by Crippen LogP contribution is -2.39. The summed E-state index contributed by atoms with van der Waals surface area (Å²) in [6.07, 6.45) is 0.777.